The molecule has 0 aromatic heterocycles. The minimum absolute atomic E-state index is 0.102. The summed E-state index contributed by atoms with van der Waals surface area (Å²) in [6, 6.07) is 4.11. The van der Waals surface area contributed by atoms with Crippen molar-refractivity contribution in [1.29, 1.82) is 0 Å². The molecule has 1 heterocycles. The van der Waals surface area contributed by atoms with Crippen LogP contribution in [0.15, 0.2) is 18.2 Å². The van der Waals surface area contributed by atoms with Gasteiger partial charge in [-0.05, 0) is 31.0 Å². The van der Waals surface area contributed by atoms with Gasteiger partial charge in [0.25, 0.3) is 0 Å². The van der Waals surface area contributed by atoms with Crippen LogP contribution in [0.3, 0.4) is 0 Å². The number of β-amino-alcohol motifs (C(OH)–C–C–N with tert-alkyl or cyclic N) is 1. The fourth-order valence-electron chi connectivity index (χ4n) is 2.08. The third-order valence-corrected chi connectivity index (χ3v) is 3.20. The fraction of sp³-hybridized carbons (Fsp3) is 0.500. The molecule has 2 rings (SSSR count). The molecule has 1 aliphatic heterocycles. The standard InChI is InChI=1S/C12H13ClF3NO2/c13-10-6-8(17-5-1-2-9(18)7-17)3-4-11(10)19-12(14,15)16/h3-4,6,9,18H,1-2,5,7H2/t9-/m0/s1. The van der Waals surface area contributed by atoms with Crippen LogP contribution < -0.4 is 9.64 Å². The minimum atomic E-state index is -4.76. The molecule has 0 radical (unpaired) electrons. The lowest BCUT2D eigenvalue weighted by Gasteiger charge is -2.32. The van der Waals surface area contributed by atoms with E-state index in [1.54, 1.807) is 0 Å². The van der Waals surface area contributed by atoms with Gasteiger partial charge in [0.2, 0.25) is 0 Å². The Labute approximate surface area is 113 Å². The molecule has 1 atom stereocenters. The number of hydrogen-bond acceptors (Lipinski definition) is 3. The van der Waals surface area contributed by atoms with E-state index in [2.05, 4.69) is 4.74 Å². The molecule has 0 amide bonds. The lowest BCUT2D eigenvalue weighted by Crippen LogP contribution is -2.38. The summed E-state index contributed by atoms with van der Waals surface area (Å²) in [6.07, 6.45) is -3.61. The Balaban J connectivity index is 2.14. The summed E-state index contributed by atoms with van der Waals surface area (Å²) in [6.45, 7) is 1.20. The van der Waals surface area contributed by atoms with Crippen molar-refractivity contribution >= 4 is 17.3 Å². The molecule has 0 spiro atoms. The summed E-state index contributed by atoms with van der Waals surface area (Å²) in [4.78, 5) is 1.89. The van der Waals surface area contributed by atoms with E-state index in [0.717, 1.165) is 19.4 Å². The first-order valence-electron chi connectivity index (χ1n) is 5.83. The van der Waals surface area contributed by atoms with Crippen LogP contribution in [0.25, 0.3) is 0 Å². The van der Waals surface area contributed by atoms with Crippen LogP contribution in [0.1, 0.15) is 12.8 Å². The molecule has 1 N–H and O–H groups in total. The molecule has 106 valence electrons. The van der Waals surface area contributed by atoms with Gasteiger partial charge >= 0.3 is 6.36 Å². The third kappa shape index (κ3) is 3.91. The van der Waals surface area contributed by atoms with E-state index < -0.39 is 18.2 Å². The van der Waals surface area contributed by atoms with Crippen molar-refractivity contribution in [2.24, 2.45) is 0 Å². The number of rotatable bonds is 2. The van der Waals surface area contributed by atoms with E-state index >= 15 is 0 Å². The maximum absolute atomic E-state index is 12.1. The number of piperidine rings is 1. The first-order valence-corrected chi connectivity index (χ1v) is 6.21. The van der Waals surface area contributed by atoms with Crippen molar-refractivity contribution in [3.05, 3.63) is 23.2 Å². The molecule has 1 aromatic carbocycles. The number of hydrogen-bond donors (Lipinski definition) is 1. The van der Waals surface area contributed by atoms with Gasteiger partial charge < -0.3 is 14.7 Å². The van der Waals surface area contributed by atoms with E-state index in [4.69, 9.17) is 11.6 Å². The topological polar surface area (TPSA) is 32.7 Å². The van der Waals surface area contributed by atoms with E-state index in [0.29, 0.717) is 12.2 Å². The Bertz CT molecular complexity index is 453. The van der Waals surface area contributed by atoms with E-state index in [-0.39, 0.29) is 5.02 Å². The number of ether oxygens (including phenoxy) is 1. The average molecular weight is 296 g/mol. The number of aliphatic hydroxyl groups is 1. The Hall–Kier alpha value is -1.14. The quantitative estimate of drug-likeness (QED) is 0.909. The monoisotopic (exact) mass is 295 g/mol. The SMILES string of the molecule is O[C@H]1CCCN(c2ccc(OC(F)(F)F)c(Cl)c2)C1. The van der Waals surface area contributed by atoms with Gasteiger partial charge in [0.05, 0.1) is 11.1 Å². The highest BCUT2D eigenvalue weighted by Gasteiger charge is 2.32. The van der Waals surface area contributed by atoms with Crippen LogP contribution in [-0.2, 0) is 0 Å². The molecule has 1 saturated heterocycles. The Kier molecular flexibility index (Phi) is 4.10. The normalized spacial score (nSPS) is 20.5. The molecular formula is C12H13ClF3NO2. The smallest absolute Gasteiger partial charge is 0.404 e. The molecule has 1 aliphatic rings. The maximum atomic E-state index is 12.1. The summed E-state index contributed by atoms with van der Waals surface area (Å²) in [5.41, 5.74) is 0.679. The average Bonchev–Trinajstić information content (AvgIpc) is 2.30. The summed E-state index contributed by atoms with van der Waals surface area (Å²) in [5.74, 6) is -0.421. The zero-order valence-corrected chi connectivity index (χ0v) is 10.7. The van der Waals surface area contributed by atoms with Gasteiger partial charge in [-0.3, -0.25) is 0 Å². The van der Waals surface area contributed by atoms with E-state index in [1.807, 2.05) is 4.90 Å². The molecule has 3 nitrogen and oxygen atoms in total. The molecular weight excluding hydrogens is 283 g/mol. The van der Waals surface area contributed by atoms with Crippen LogP contribution in [0.2, 0.25) is 5.02 Å². The Morgan fingerprint density at radius 2 is 2.11 bits per heavy atom. The van der Waals surface area contributed by atoms with Crippen LogP contribution in [0.5, 0.6) is 5.75 Å². The molecule has 1 aromatic rings. The molecule has 7 heteroatoms. The summed E-state index contributed by atoms with van der Waals surface area (Å²) >= 11 is 5.78. The van der Waals surface area contributed by atoms with Crippen molar-refractivity contribution in [2.75, 3.05) is 18.0 Å². The Morgan fingerprint density at radius 3 is 2.68 bits per heavy atom. The fourth-order valence-corrected chi connectivity index (χ4v) is 2.30. The number of aliphatic hydroxyl groups excluding tert-OH is 1. The summed E-state index contributed by atoms with van der Waals surface area (Å²) < 4.78 is 40.1. The van der Waals surface area contributed by atoms with Crippen molar-refractivity contribution < 1.29 is 23.0 Å². The van der Waals surface area contributed by atoms with Crippen LogP contribution >= 0.6 is 11.6 Å². The van der Waals surface area contributed by atoms with Gasteiger partial charge in [-0.15, -0.1) is 13.2 Å². The van der Waals surface area contributed by atoms with E-state index in [9.17, 15) is 18.3 Å². The second kappa shape index (κ2) is 5.46. The second-order valence-corrected chi connectivity index (χ2v) is 4.81. The molecule has 1 fully saturated rings. The van der Waals surface area contributed by atoms with Gasteiger partial charge in [0, 0.05) is 18.8 Å². The van der Waals surface area contributed by atoms with Crippen molar-refractivity contribution in [3.8, 4) is 5.75 Å². The number of alkyl halides is 3. The second-order valence-electron chi connectivity index (χ2n) is 4.40. The number of benzene rings is 1. The minimum Gasteiger partial charge on any atom is -0.404 e. The molecule has 19 heavy (non-hydrogen) atoms. The maximum Gasteiger partial charge on any atom is 0.573 e. The predicted molar refractivity (Wildman–Crippen MR) is 65.6 cm³/mol. The highest BCUT2D eigenvalue weighted by molar-refractivity contribution is 6.32. The highest BCUT2D eigenvalue weighted by Crippen LogP contribution is 2.33. The first-order chi connectivity index (χ1) is 8.85. The van der Waals surface area contributed by atoms with Gasteiger partial charge in [0.15, 0.2) is 0 Å². The predicted octanol–water partition coefficient (Wildman–Crippen LogP) is 3.20. The van der Waals surface area contributed by atoms with Gasteiger partial charge in [-0.2, -0.15) is 0 Å². The number of anilines is 1. The number of nitrogens with zero attached hydrogens (tertiary/aromatic N) is 1. The summed E-state index contributed by atoms with van der Waals surface area (Å²) in [5, 5.41) is 9.47. The summed E-state index contributed by atoms with van der Waals surface area (Å²) in [7, 11) is 0. The van der Waals surface area contributed by atoms with E-state index in [1.165, 1.54) is 18.2 Å². The van der Waals surface area contributed by atoms with Crippen molar-refractivity contribution in [1.82, 2.24) is 0 Å². The van der Waals surface area contributed by atoms with Crippen LogP contribution in [-0.4, -0.2) is 30.7 Å². The Morgan fingerprint density at radius 1 is 1.37 bits per heavy atom. The molecule has 0 saturated carbocycles. The van der Waals surface area contributed by atoms with Gasteiger partial charge in [0.1, 0.15) is 5.75 Å². The van der Waals surface area contributed by atoms with Crippen molar-refractivity contribution in [2.45, 2.75) is 25.3 Å². The molecule has 0 bridgehead atoms. The third-order valence-electron chi connectivity index (χ3n) is 2.90. The first kappa shape index (κ1) is 14.3. The van der Waals surface area contributed by atoms with Crippen LogP contribution in [0, 0.1) is 0 Å². The van der Waals surface area contributed by atoms with Crippen molar-refractivity contribution in [3.63, 3.8) is 0 Å². The molecule has 0 unspecified atom stereocenters. The van der Waals surface area contributed by atoms with Gasteiger partial charge in [-0.1, -0.05) is 11.6 Å². The lowest BCUT2D eigenvalue weighted by molar-refractivity contribution is -0.274. The lowest BCUT2D eigenvalue weighted by atomic mass is 10.1. The van der Waals surface area contributed by atoms with Crippen LogP contribution in [0.4, 0.5) is 18.9 Å². The van der Waals surface area contributed by atoms with Gasteiger partial charge in [-0.25, -0.2) is 0 Å². The number of halogens is 4. The largest absolute Gasteiger partial charge is 0.573 e. The zero-order valence-electron chi connectivity index (χ0n) is 9.95. The highest BCUT2D eigenvalue weighted by atomic mass is 35.5. The zero-order chi connectivity index (χ0) is 14.0. The molecule has 0 aliphatic carbocycles.